The molecule has 3 aromatic rings. The number of benzene rings is 2. The predicted molar refractivity (Wildman–Crippen MR) is 120 cm³/mol. The number of rotatable bonds is 3. The topological polar surface area (TPSA) is 47.4 Å². The first-order valence-corrected chi connectivity index (χ1v) is 11.0. The lowest BCUT2D eigenvalue weighted by Crippen LogP contribution is -2.43. The van der Waals surface area contributed by atoms with E-state index in [1.165, 1.54) is 27.8 Å². The number of nitrogens with zero attached hydrogens (tertiary/aromatic N) is 3. The molecular formula is C26H25N3O2. The first kappa shape index (κ1) is 18.4. The van der Waals surface area contributed by atoms with Gasteiger partial charge in [-0.15, -0.1) is 0 Å². The molecule has 2 bridgehead atoms. The van der Waals surface area contributed by atoms with Crippen LogP contribution in [-0.2, 0) is 11.8 Å². The quantitative estimate of drug-likeness (QED) is 0.610. The second-order valence-electron chi connectivity index (χ2n) is 8.77. The summed E-state index contributed by atoms with van der Waals surface area (Å²) in [6.45, 7) is 0.374. The van der Waals surface area contributed by atoms with Crippen LogP contribution < -0.4 is 0 Å². The maximum Gasteiger partial charge on any atom is 0.410 e. The van der Waals surface area contributed by atoms with E-state index < -0.39 is 0 Å². The van der Waals surface area contributed by atoms with E-state index in [2.05, 4.69) is 59.6 Å². The highest BCUT2D eigenvalue weighted by Gasteiger charge is 2.41. The minimum Gasteiger partial charge on any atom is -0.448 e. The number of aryl methyl sites for hydroxylation is 1. The van der Waals surface area contributed by atoms with Gasteiger partial charge in [0.1, 0.15) is 12.4 Å². The number of ether oxygens (including phenoxy) is 1. The summed E-state index contributed by atoms with van der Waals surface area (Å²) in [4.78, 5) is 19.6. The molecule has 2 aromatic carbocycles. The van der Waals surface area contributed by atoms with Crippen LogP contribution in [0.2, 0.25) is 0 Å². The largest absolute Gasteiger partial charge is 0.448 e. The summed E-state index contributed by atoms with van der Waals surface area (Å²) < 4.78 is 8.00. The van der Waals surface area contributed by atoms with Gasteiger partial charge in [-0.1, -0.05) is 54.6 Å². The van der Waals surface area contributed by atoms with Crippen molar-refractivity contribution in [3.8, 4) is 11.1 Å². The molecule has 1 fully saturated rings. The van der Waals surface area contributed by atoms with E-state index in [9.17, 15) is 4.79 Å². The number of carbonyl (C=O) groups excluding carboxylic acids is 1. The van der Waals surface area contributed by atoms with Gasteiger partial charge in [0.05, 0.1) is 6.04 Å². The second-order valence-corrected chi connectivity index (χ2v) is 8.77. The fraction of sp³-hybridized carbons (Fsp3) is 0.308. The summed E-state index contributed by atoms with van der Waals surface area (Å²) in [5.74, 6) is 1.10. The van der Waals surface area contributed by atoms with E-state index in [0.29, 0.717) is 6.61 Å². The highest BCUT2D eigenvalue weighted by atomic mass is 16.6. The lowest BCUT2D eigenvalue weighted by molar-refractivity contribution is 0.0866. The average molecular weight is 412 g/mol. The van der Waals surface area contributed by atoms with Crippen LogP contribution in [0.4, 0.5) is 4.79 Å². The van der Waals surface area contributed by atoms with E-state index in [-0.39, 0.29) is 24.1 Å². The molecule has 5 nitrogen and oxygen atoms in total. The van der Waals surface area contributed by atoms with Gasteiger partial charge in [0.25, 0.3) is 0 Å². The third kappa shape index (κ3) is 2.91. The van der Waals surface area contributed by atoms with Crippen LogP contribution in [0.1, 0.15) is 42.1 Å². The fourth-order valence-corrected chi connectivity index (χ4v) is 5.62. The number of fused-ring (bicyclic) bond motifs is 5. The zero-order valence-corrected chi connectivity index (χ0v) is 17.6. The van der Waals surface area contributed by atoms with Crippen LogP contribution in [0.5, 0.6) is 0 Å². The van der Waals surface area contributed by atoms with Gasteiger partial charge in [-0.2, -0.15) is 0 Å². The molecule has 3 aliphatic rings. The van der Waals surface area contributed by atoms with E-state index in [4.69, 9.17) is 4.74 Å². The Morgan fingerprint density at radius 3 is 2.42 bits per heavy atom. The zero-order chi connectivity index (χ0) is 20.9. The Kier molecular flexibility index (Phi) is 4.23. The Bertz CT molecular complexity index is 1150. The van der Waals surface area contributed by atoms with E-state index in [1.54, 1.807) is 0 Å². The van der Waals surface area contributed by atoms with Gasteiger partial charge in [-0.05, 0) is 47.1 Å². The number of hydrogen-bond donors (Lipinski definition) is 0. The van der Waals surface area contributed by atoms with Crippen molar-refractivity contribution in [1.29, 1.82) is 0 Å². The van der Waals surface area contributed by atoms with Gasteiger partial charge in [0.15, 0.2) is 0 Å². The Morgan fingerprint density at radius 2 is 1.77 bits per heavy atom. The standard InChI is InChI=1S/C26H25N3O2/c1-28-13-12-27-25(28)17-14-18-10-11-19(15-17)29(18)26(30)31-16-24-22-8-4-2-6-20(22)21-7-3-5-9-23(21)24/h2-9,12-14,18-19,24H,10-11,15-16H2,1H3. The van der Waals surface area contributed by atoms with Crippen LogP contribution in [0.25, 0.3) is 16.7 Å². The van der Waals surface area contributed by atoms with Crippen molar-refractivity contribution in [3.63, 3.8) is 0 Å². The van der Waals surface area contributed by atoms with E-state index in [1.807, 2.05) is 28.9 Å². The van der Waals surface area contributed by atoms with E-state index in [0.717, 1.165) is 25.1 Å². The summed E-state index contributed by atoms with van der Waals surface area (Å²) in [6, 6.07) is 17.2. The van der Waals surface area contributed by atoms with Gasteiger partial charge in [-0.25, -0.2) is 9.78 Å². The first-order chi connectivity index (χ1) is 15.2. The van der Waals surface area contributed by atoms with Crippen molar-refractivity contribution in [2.45, 2.75) is 37.3 Å². The average Bonchev–Trinajstić information content (AvgIpc) is 3.44. The molecule has 1 amide bonds. The molecule has 3 heterocycles. The molecule has 1 aliphatic carbocycles. The zero-order valence-electron chi connectivity index (χ0n) is 17.6. The molecule has 0 N–H and O–H groups in total. The minimum absolute atomic E-state index is 0.0949. The maximum absolute atomic E-state index is 13.2. The summed E-state index contributed by atoms with van der Waals surface area (Å²) in [5.41, 5.74) is 6.23. The predicted octanol–water partition coefficient (Wildman–Crippen LogP) is 4.99. The lowest BCUT2D eigenvalue weighted by Gasteiger charge is -2.33. The monoisotopic (exact) mass is 411 g/mol. The SMILES string of the molecule is Cn1ccnc1C1=CC2CCC(C1)N2C(=O)OCC1c2ccccc2-c2ccccc21. The molecule has 5 heteroatoms. The normalized spacial score (nSPS) is 21.6. The minimum atomic E-state index is -0.190. The summed E-state index contributed by atoms with van der Waals surface area (Å²) >= 11 is 0. The van der Waals surface area contributed by atoms with Crippen molar-refractivity contribution in [2.24, 2.45) is 7.05 Å². The first-order valence-electron chi connectivity index (χ1n) is 11.0. The Hall–Kier alpha value is -3.34. The molecule has 0 saturated carbocycles. The molecule has 156 valence electrons. The van der Waals surface area contributed by atoms with Gasteiger partial charge >= 0.3 is 6.09 Å². The fourth-order valence-electron chi connectivity index (χ4n) is 5.62. The molecule has 1 saturated heterocycles. The lowest BCUT2D eigenvalue weighted by atomic mass is 9.98. The van der Waals surface area contributed by atoms with Crippen molar-refractivity contribution in [1.82, 2.24) is 14.5 Å². The number of imidazole rings is 1. The molecular weight excluding hydrogens is 386 g/mol. The highest BCUT2D eigenvalue weighted by Crippen LogP contribution is 2.45. The van der Waals surface area contributed by atoms with Crippen LogP contribution in [0, 0.1) is 0 Å². The van der Waals surface area contributed by atoms with Crippen LogP contribution >= 0.6 is 0 Å². The number of carbonyl (C=O) groups is 1. The molecule has 2 aliphatic heterocycles. The van der Waals surface area contributed by atoms with Gasteiger partial charge in [0.2, 0.25) is 0 Å². The number of aromatic nitrogens is 2. The third-order valence-electron chi connectivity index (χ3n) is 7.05. The number of amides is 1. The second kappa shape index (κ2) is 7.12. The molecule has 0 spiro atoms. The Labute approximate surface area is 182 Å². The summed E-state index contributed by atoms with van der Waals surface area (Å²) in [5, 5.41) is 0. The smallest absolute Gasteiger partial charge is 0.410 e. The highest BCUT2D eigenvalue weighted by molar-refractivity contribution is 5.79. The summed E-state index contributed by atoms with van der Waals surface area (Å²) in [6.07, 6.45) is 8.66. The van der Waals surface area contributed by atoms with Crippen LogP contribution in [-0.4, -0.2) is 39.2 Å². The summed E-state index contributed by atoms with van der Waals surface area (Å²) in [7, 11) is 2.02. The molecule has 6 rings (SSSR count). The van der Waals surface area contributed by atoms with Crippen LogP contribution in [0.3, 0.4) is 0 Å². The number of hydrogen-bond acceptors (Lipinski definition) is 3. The van der Waals surface area contributed by atoms with Crippen LogP contribution in [0.15, 0.2) is 67.0 Å². The third-order valence-corrected chi connectivity index (χ3v) is 7.05. The molecule has 31 heavy (non-hydrogen) atoms. The van der Waals surface area contributed by atoms with Gasteiger partial charge in [0, 0.05) is 31.4 Å². The Balaban J connectivity index is 1.21. The van der Waals surface area contributed by atoms with Crippen molar-refractivity contribution >= 4 is 11.7 Å². The molecule has 0 radical (unpaired) electrons. The van der Waals surface area contributed by atoms with Gasteiger partial charge < -0.3 is 9.30 Å². The van der Waals surface area contributed by atoms with Crippen molar-refractivity contribution in [3.05, 3.63) is 84.0 Å². The van der Waals surface area contributed by atoms with E-state index >= 15 is 0 Å². The molecule has 2 unspecified atom stereocenters. The molecule has 2 atom stereocenters. The Morgan fingerprint density at radius 1 is 1.06 bits per heavy atom. The van der Waals surface area contributed by atoms with Crippen molar-refractivity contribution in [2.75, 3.05) is 6.61 Å². The van der Waals surface area contributed by atoms with Crippen molar-refractivity contribution < 1.29 is 9.53 Å². The molecule has 1 aromatic heterocycles. The maximum atomic E-state index is 13.2. The van der Waals surface area contributed by atoms with Gasteiger partial charge in [-0.3, -0.25) is 4.90 Å².